The molecule has 1 N–H and O–H groups in total. The second-order valence-corrected chi connectivity index (χ2v) is 8.89. The highest BCUT2D eigenvalue weighted by atomic mass is 35.5. The number of anilines is 1. The molecule has 2 aromatic rings. The summed E-state index contributed by atoms with van der Waals surface area (Å²) in [4.78, 5) is 24.9. The number of hydrogen-bond acceptors (Lipinski definition) is 4. The minimum absolute atomic E-state index is 0.0498. The van der Waals surface area contributed by atoms with E-state index in [1.54, 1.807) is 13.0 Å². The van der Waals surface area contributed by atoms with E-state index in [0.717, 1.165) is 11.3 Å². The molecule has 4 rings (SSSR count). The third kappa shape index (κ3) is 4.06. The highest BCUT2D eigenvalue weighted by Gasteiger charge is 2.36. The van der Waals surface area contributed by atoms with Crippen molar-refractivity contribution in [3.05, 3.63) is 64.2 Å². The van der Waals surface area contributed by atoms with Gasteiger partial charge in [-0.1, -0.05) is 35.9 Å². The maximum absolute atomic E-state index is 12.8. The summed E-state index contributed by atoms with van der Waals surface area (Å²) < 4.78 is 5.09. The number of amides is 1. The first-order valence-corrected chi connectivity index (χ1v) is 10.9. The number of benzene rings is 2. The van der Waals surface area contributed by atoms with Crippen LogP contribution in [0, 0.1) is 0 Å². The van der Waals surface area contributed by atoms with E-state index in [1.807, 2.05) is 18.2 Å². The van der Waals surface area contributed by atoms with Crippen molar-refractivity contribution in [2.24, 2.45) is 0 Å². The summed E-state index contributed by atoms with van der Waals surface area (Å²) in [6.45, 7) is 2.08. The van der Waals surface area contributed by atoms with Gasteiger partial charge in [0.2, 0.25) is 5.91 Å². The number of carbonyl (C=O) groups excluding carboxylic acids is 2. The van der Waals surface area contributed by atoms with E-state index >= 15 is 0 Å². The Morgan fingerprint density at radius 1 is 1.18 bits per heavy atom. The van der Waals surface area contributed by atoms with Crippen molar-refractivity contribution >= 4 is 40.9 Å². The Hall–Kier alpha value is -1.98. The molecule has 1 fully saturated rings. The van der Waals surface area contributed by atoms with Crippen molar-refractivity contribution in [1.82, 2.24) is 0 Å². The Balaban J connectivity index is 1.76. The lowest BCUT2D eigenvalue weighted by molar-refractivity contribution is -0.143. The molecule has 0 spiro atoms. The number of esters is 1. The van der Waals surface area contributed by atoms with E-state index in [2.05, 4.69) is 23.5 Å². The lowest BCUT2D eigenvalue weighted by Gasteiger charge is -2.22. The molecule has 1 aliphatic carbocycles. The molecule has 2 aliphatic rings. The van der Waals surface area contributed by atoms with Gasteiger partial charge in [-0.05, 0) is 60.6 Å². The number of ether oxygens (including phenoxy) is 1. The summed E-state index contributed by atoms with van der Waals surface area (Å²) in [6, 6.07) is 14.0. The maximum atomic E-state index is 12.8. The molecule has 1 heterocycles. The van der Waals surface area contributed by atoms with Crippen LogP contribution < -0.4 is 5.32 Å². The topological polar surface area (TPSA) is 55.4 Å². The standard InChI is InChI=1S/C22H22ClNO3S/c1-2-27-20(25)12-19-22(26)24-18-10-9-14(23)11-17(18)21(28-19)16-6-4-3-5-15(16)13-7-8-13/h3-6,9-11,13,19,21H,2,7-8,12H2,1H3,(H,24,26)/t19-,21-/m1/s1. The molecule has 1 saturated carbocycles. The van der Waals surface area contributed by atoms with E-state index in [1.165, 1.54) is 35.7 Å². The van der Waals surface area contributed by atoms with Gasteiger partial charge in [0.15, 0.2) is 0 Å². The summed E-state index contributed by atoms with van der Waals surface area (Å²) in [7, 11) is 0. The molecule has 4 nitrogen and oxygen atoms in total. The fraction of sp³-hybridized carbons (Fsp3) is 0.364. The van der Waals surface area contributed by atoms with Gasteiger partial charge in [0.25, 0.3) is 0 Å². The van der Waals surface area contributed by atoms with Gasteiger partial charge in [-0.3, -0.25) is 9.59 Å². The average Bonchev–Trinajstić information content (AvgIpc) is 3.52. The summed E-state index contributed by atoms with van der Waals surface area (Å²) in [5.74, 6) is 0.0521. The van der Waals surface area contributed by atoms with E-state index in [-0.39, 0.29) is 23.5 Å². The van der Waals surface area contributed by atoms with Gasteiger partial charge in [-0.15, -0.1) is 11.8 Å². The number of rotatable bonds is 5. The predicted octanol–water partition coefficient (Wildman–Crippen LogP) is 5.31. The Bertz CT molecular complexity index is 912. The van der Waals surface area contributed by atoms with Crippen LogP contribution in [-0.2, 0) is 14.3 Å². The van der Waals surface area contributed by atoms with E-state index in [9.17, 15) is 9.59 Å². The molecule has 0 saturated heterocycles. The molecule has 6 heteroatoms. The molecular weight excluding hydrogens is 394 g/mol. The first-order valence-electron chi connectivity index (χ1n) is 9.57. The molecule has 146 valence electrons. The van der Waals surface area contributed by atoms with Crippen LogP contribution in [0.2, 0.25) is 5.02 Å². The quantitative estimate of drug-likeness (QED) is 0.672. The van der Waals surface area contributed by atoms with Gasteiger partial charge in [0.1, 0.15) is 0 Å². The maximum Gasteiger partial charge on any atom is 0.307 e. The molecule has 0 unspecified atom stereocenters. The van der Waals surface area contributed by atoms with Crippen molar-refractivity contribution in [2.75, 3.05) is 11.9 Å². The van der Waals surface area contributed by atoms with Crippen molar-refractivity contribution in [1.29, 1.82) is 0 Å². The third-order valence-electron chi connectivity index (χ3n) is 5.10. The SMILES string of the molecule is CCOC(=O)C[C@H]1S[C@H](c2ccccc2C2CC2)c2cc(Cl)ccc2NC1=O. The number of hydrogen-bond donors (Lipinski definition) is 1. The Morgan fingerprint density at radius 2 is 1.93 bits per heavy atom. The minimum Gasteiger partial charge on any atom is -0.466 e. The van der Waals surface area contributed by atoms with E-state index in [4.69, 9.17) is 16.3 Å². The molecule has 0 bridgehead atoms. The lowest BCUT2D eigenvalue weighted by atomic mass is 9.95. The molecule has 2 aromatic carbocycles. The number of fused-ring (bicyclic) bond motifs is 1. The summed E-state index contributed by atoms with van der Waals surface area (Å²) in [6.07, 6.45) is 2.44. The molecule has 1 amide bonds. The van der Waals surface area contributed by atoms with Crippen molar-refractivity contribution in [2.45, 2.75) is 42.6 Å². The lowest BCUT2D eigenvalue weighted by Crippen LogP contribution is -2.27. The highest BCUT2D eigenvalue weighted by Crippen LogP contribution is 2.50. The van der Waals surface area contributed by atoms with Crippen LogP contribution in [-0.4, -0.2) is 23.7 Å². The monoisotopic (exact) mass is 415 g/mol. The number of halogens is 1. The Kier molecular flexibility index (Phi) is 5.65. The highest BCUT2D eigenvalue weighted by molar-refractivity contribution is 8.01. The largest absolute Gasteiger partial charge is 0.466 e. The normalized spacial score (nSPS) is 21.4. The van der Waals surface area contributed by atoms with Crippen LogP contribution >= 0.6 is 23.4 Å². The van der Waals surface area contributed by atoms with Gasteiger partial charge >= 0.3 is 5.97 Å². The Morgan fingerprint density at radius 3 is 2.64 bits per heavy atom. The fourth-order valence-electron chi connectivity index (χ4n) is 3.65. The zero-order valence-electron chi connectivity index (χ0n) is 15.6. The van der Waals surface area contributed by atoms with Crippen LogP contribution in [0.1, 0.15) is 54.0 Å². The van der Waals surface area contributed by atoms with E-state index in [0.29, 0.717) is 17.5 Å². The predicted molar refractivity (Wildman–Crippen MR) is 113 cm³/mol. The smallest absolute Gasteiger partial charge is 0.307 e. The van der Waals surface area contributed by atoms with Crippen LogP contribution in [0.4, 0.5) is 5.69 Å². The van der Waals surface area contributed by atoms with Crippen LogP contribution in [0.5, 0.6) is 0 Å². The van der Waals surface area contributed by atoms with Crippen molar-refractivity contribution < 1.29 is 14.3 Å². The van der Waals surface area contributed by atoms with Gasteiger partial charge in [0, 0.05) is 10.7 Å². The first-order chi connectivity index (χ1) is 13.6. The second-order valence-electron chi connectivity index (χ2n) is 7.14. The van der Waals surface area contributed by atoms with Crippen LogP contribution in [0.15, 0.2) is 42.5 Å². The molecule has 1 aliphatic heterocycles. The zero-order chi connectivity index (χ0) is 19.7. The molecule has 2 atom stereocenters. The molecule has 28 heavy (non-hydrogen) atoms. The number of carbonyl (C=O) groups is 2. The minimum atomic E-state index is -0.525. The second kappa shape index (κ2) is 8.18. The molecular formula is C22H22ClNO3S. The van der Waals surface area contributed by atoms with Gasteiger partial charge in [-0.2, -0.15) is 0 Å². The first kappa shape index (κ1) is 19.3. The number of nitrogens with one attached hydrogen (secondary N) is 1. The van der Waals surface area contributed by atoms with Gasteiger partial charge in [0.05, 0.1) is 23.5 Å². The fourth-order valence-corrected chi connectivity index (χ4v) is 5.27. The average molecular weight is 416 g/mol. The zero-order valence-corrected chi connectivity index (χ0v) is 17.2. The van der Waals surface area contributed by atoms with Crippen molar-refractivity contribution in [3.8, 4) is 0 Å². The molecule has 0 radical (unpaired) electrons. The Labute approximate surface area is 174 Å². The summed E-state index contributed by atoms with van der Waals surface area (Å²) in [5.41, 5.74) is 4.26. The van der Waals surface area contributed by atoms with Gasteiger partial charge in [-0.25, -0.2) is 0 Å². The summed E-state index contributed by atoms with van der Waals surface area (Å²) >= 11 is 7.81. The van der Waals surface area contributed by atoms with Crippen molar-refractivity contribution in [3.63, 3.8) is 0 Å². The summed E-state index contributed by atoms with van der Waals surface area (Å²) in [5, 5.41) is 3.01. The van der Waals surface area contributed by atoms with E-state index < -0.39 is 5.25 Å². The number of thioether (sulfide) groups is 1. The van der Waals surface area contributed by atoms with Crippen LogP contribution in [0.25, 0.3) is 0 Å². The van der Waals surface area contributed by atoms with Gasteiger partial charge < -0.3 is 10.1 Å². The van der Waals surface area contributed by atoms with Crippen LogP contribution in [0.3, 0.4) is 0 Å². The third-order valence-corrected chi connectivity index (χ3v) is 6.82. The molecule has 0 aromatic heterocycles.